The number of alkyl halides is 2. The van der Waals surface area contributed by atoms with Gasteiger partial charge in [0.25, 0.3) is 0 Å². The average Bonchev–Trinajstić information content (AvgIpc) is 2.90. The van der Waals surface area contributed by atoms with E-state index in [-0.39, 0.29) is 11.3 Å². The fourth-order valence-electron chi connectivity index (χ4n) is 6.66. The highest BCUT2D eigenvalue weighted by Crippen LogP contribution is 2.39. The predicted octanol–water partition coefficient (Wildman–Crippen LogP) is 10.4. The first-order valence-electron chi connectivity index (χ1n) is 14.7. The van der Waals surface area contributed by atoms with Crippen LogP contribution in [0.2, 0.25) is 0 Å². The summed E-state index contributed by atoms with van der Waals surface area (Å²) in [6.07, 6.45) is 14.4. The van der Waals surface area contributed by atoms with Gasteiger partial charge in [0.15, 0.2) is 0 Å². The van der Waals surface area contributed by atoms with Gasteiger partial charge >= 0.3 is 6.11 Å². The Kier molecular flexibility index (Phi) is 9.85. The van der Waals surface area contributed by atoms with Crippen molar-refractivity contribution in [1.82, 2.24) is 0 Å². The lowest BCUT2D eigenvalue weighted by Gasteiger charge is -2.28. The van der Waals surface area contributed by atoms with Crippen molar-refractivity contribution in [2.24, 2.45) is 17.8 Å². The minimum atomic E-state index is -3.34. The highest BCUT2D eigenvalue weighted by atomic mass is 19.3. The molecule has 2 aliphatic rings. The van der Waals surface area contributed by atoms with Crippen LogP contribution in [-0.2, 0) is 12.5 Å². The number of halogens is 2. The van der Waals surface area contributed by atoms with E-state index in [1.54, 1.807) is 12.1 Å². The third-order valence-corrected chi connectivity index (χ3v) is 8.94. The number of hydrogen-bond donors (Lipinski definition) is 0. The van der Waals surface area contributed by atoms with E-state index in [9.17, 15) is 8.78 Å². The average molecular weight is 497 g/mol. The minimum Gasteiger partial charge on any atom is -0.429 e. The third kappa shape index (κ3) is 7.56. The summed E-state index contributed by atoms with van der Waals surface area (Å²) in [7, 11) is 0. The maximum Gasteiger partial charge on any atom is 0.426 e. The zero-order valence-corrected chi connectivity index (χ0v) is 22.5. The first-order chi connectivity index (χ1) is 17.5. The van der Waals surface area contributed by atoms with Crippen LogP contribution in [0.4, 0.5) is 8.78 Å². The quantitative estimate of drug-likeness (QED) is 0.301. The Morgan fingerprint density at radius 1 is 0.667 bits per heavy atom. The molecule has 0 heterocycles. The summed E-state index contributed by atoms with van der Waals surface area (Å²) in [5.74, 6) is 3.36. The molecule has 3 heteroatoms. The first-order valence-corrected chi connectivity index (χ1v) is 14.7. The topological polar surface area (TPSA) is 9.23 Å². The maximum atomic E-state index is 14.9. The molecule has 2 aromatic rings. The summed E-state index contributed by atoms with van der Waals surface area (Å²) in [6.45, 7) is 4.54. The Labute approximate surface area is 218 Å². The van der Waals surface area contributed by atoms with Crippen molar-refractivity contribution in [3.63, 3.8) is 0 Å². The van der Waals surface area contributed by atoms with Crippen LogP contribution >= 0.6 is 0 Å². The summed E-state index contributed by atoms with van der Waals surface area (Å²) in [4.78, 5) is 0. The molecule has 2 saturated carbocycles. The number of benzene rings is 2. The van der Waals surface area contributed by atoms with Gasteiger partial charge in [-0.1, -0.05) is 89.5 Å². The maximum absolute atomic E-state index is 14.9. The van der Waals surface area contributed by atoms with E-state index < -0.39 is 6.11 Å². The predicted molar refractivity (Wildman–Crippen MR) is 146 cm³/mol. The van der Waals surface area contributed by atoms with Gasteiger partial charge in [-0.2, -0.15) is 8.78 Å². The highest BCUT2D eigenvalue weighted by Gasteiger charge is 2.34. The van der Waals surface area contributed by atoms with Crippen molar-refractivity contribution in [1.29, 1.82) is 0 Å². The second-order valence-electron chi connectivity index (χ2n) is 11.6. The van der Waals surface area contributed by atoms with Crippen LogP contribution in [0.5, 0.6) is 5.75 Å². The SMILES string of the molecule is CCC[C@H]1CC[C@H](CCc2ccc(C(F)(F)Oc3ccc([C@H]4CC[C@H](CCC)CC4)cc3)cc2)CC1. The zero-order valence-electron chi connectivity index (χ0n) is 22.5. The summed E-state index contributed by atoms with van der Waals surface area (Å²) in [5.41, 5.74) is 2.32. The van der Waals surface area contributed by atoms with E-state index in [0.717, 1.165) is 36.2 Å². The van der Waals surface area contributed by atoms with E-state index in [1.807, 2.05) is 24.3 Å². The number of rotatable bonds is 11. The zero-order chi connectivity index (χ0) is 25.4. The third-order valence-electron chi connectivity index (χ3n) is 8.94. The van der Waals surface area contributed by atoms with Crippen LogP contribution in [0.1, 0.15) is 120 Å². The Bertz CT molecular complexity index is 888. The molecule has 36 heavy (non-hydrogen) atoms. The second-order valence-corrected chi connectivity index (χ2v) is 11.6. The molecule has 198 valence electrons. The molecule has 0 amide bonds. The van der Waals surface area contributed by atoms with Crippen LogP contribution in [0.15, 0.2) is 48.5 Å². The lowest BCUT2D eigenvalue weighted by molar-refractivity contribution is -0.185. The van der Waals surface area contributed by atoms with Gasteiger partial charge in [-0.15, -0.1) is 0 Å². The fraction of sp³-hybridized carbons (Fsp3) is 0.636. The normalized spacial score (nSPS) is 25.0. The molecular weight excluding hydrogens is 450 g/mol. The molecule has 4 rings (SSSR count). The molecule has 0 aliphatic heterocycles. The highest BCUT2D eigenvalue weighted by molar-refractivity contribution is 5.31. The second kappa shape index (κ2) is 13.1. The van der Waals surface area contributed by atoms with Crippen molar-refractivity contribution < 1.29 is 13.5 Å². The molecular formula is C33H46F2O. The Balaban J connectivity index is 1.25. The summed E-state index contributed by atoms with van der Waals surface area (Å²) >= 11 is 0. The molecule has 0 spiro atoms. The van der Waals surface area contributed by atoms with Gasteiger partial charge in [0, 0.05) is 0 Å². The Morgan fingerprint density at radius 2 is 1.17 bits per heavy atom. The molecule has 0 bridgehead atoms. The van der Waals surface area contributed by atoms with E-state index in [0.29, 0.717) is 5.92 Å². The van der Waals surface area contributed by atoms with Gasteiger partial charge in [-0.05, 0) is 97.6 Å². The van der Waals surface area contributed by atoms with Crippen molar-refractivity contribution >= 4 is 0 Å². The molecule has 0 aromatic heterocycles. The van der Waals surface area contributed by atoms with Crippen molar-refractivity contribution in [3.8, 4) is 5.75 Å². The van der Waals surface area contributed by atoms with Crippen molar-refractivity contribution in [2.75, 3.05) is 0 Å². The van der Waals surface area contributed by atoms with E-state index >= 15 is 0 Å². The smallest absolute Gasteiger partial charge is 0.426 e. The standard InChI is InChI=1S/C33H46F2O/c1-3-5-25-7-9-27(10-8-25)11-12-28-15-21-31(22-16-28)33(34,35)36-32-23-19-30(20-24-32)29-17-13-26(6-4-2)14-18-29/h15-16,19-27,29H,3-14,17-18H2,1-2H3/t25-,26-,27-,29-. The molecule has 2 aromatic carbocycles. The van der Waals surface area contributed by atoms with Gasteiger partial charge in [0.05, 0.1) is 5.56 Å². The van der Waals surface area contributed by atoms with Gasteiger partial charge in [0.1, 0.15) is 5.75 Å². The largest absolute Gasteiger partial charge is 0.429 e. The van der Waals surface area contributed by atoms with E-state index in [1.165, 1.54) is 94.7 Å². The number of aryl methyl sites for hydroxylation is 1. The Hall–Kier alpha value is -1.90. The van der Waals surface area contributed by atoms with Gasteiger partial charge in [-0.3, -0.25) is 0 Å². The minimum absolute atomic E-state index is 0.0790. The summed E-state index contributed by atoms with van der Waals surface area (Å²) < 4.78 is 35.0. The number of hydrogen-bond acceptors (Lipinski definition) is 1. The molecule has 0 unspecified atom stereocenters. The van der Waals surface area contributed by atoms with Gasteiger partial charge in [0.2, 0.25) is 0 Å². The molecule has 0 atom stereocenters. The first kappa shape index (κ1) is 27.1. The lowest BCUT2D eigenvalue weighted by atomic mass is 9.77. The van der Waals surface area contributed by atoms with E-state index in [4.69, 9.17) is 4.74 Å². The van der Waals surface area contributed by atoms with E-state index in [2.05, 4.69) is 13.8 Å². The molecule has 1 nitrogen and oxygen atoms in total. The van der Waals surface area contributed by atoms with Gasteiger partial charge < -0.3 is 4.74 Å². The lowest BCUT2D eigenvalue weighted by Crippen LogP contribution is -2.22. The van der Waals surface area contributed by atoms with Crippen LogP contribution in [0.25, 0.3) is 0 Å². The fourth-order valence-corrected chi connectivity index (χ4v) is 6.66. The van der Waals surface area contributed by atoms with Gasteiger partial charge in [-0.25, -0.2) is 0 Å². The van der Waals surface area contributed by atoms with Crippen LogP contribution in [-0.4, -0.2) is 0 Å². The monoisotopic (exact) mass is 496 g/mol. The van der Waals surface area contributed by atoms with Crippen LogP contribution < -0.4 is 4.74 Å². The van der Waals surface area contributed by atoms with Crippen LogP contribution in [0.3, 0.4) is 0 Å². The Morgan fingerprint density at radius 3 is 1.69 bits per heavy atom. The number of ether oxygens (including phenoxy) is 1. The molecule has 2 fully saturated rings. The molecule has 2 aliphatic carbocycles. The van der Waals surface area contributed by atoms with Crippen LogP contribution in [0, 0.1) is 17.8 Å². The molecule has 0 saturated heterocycles. The summed E-state index contributed by atoms with van der Waals surface area (Å²) in [5, 5.41) is 0. The molecule has 0 radical (unpaired) electrons. The van der Waals surface area contributed by atoms with Crippen molar-refractivity contribution in [3.05, 3.63) is 65.2 Å². The van der Waals surface area contributed by atoms with Crippen molar-refractivity contribution in [2.45, 2.75) is 116 Å². The molecule has 0 N–H and O–H groups in total. The summed E-state index contributed by atoms with van der Waals surface area (Å²) in [6, 6.07) is 14.2.